The molecule has 0 bridgehead atoms. The third kappa shape index (κ3) is 3.70. The van der Waals surface area contributed by atoms with Crippen molar-refractivity contribution in [2.24, 2.45) is 11.3 Å². The monoisotopic (exact) mass is 303 g/mol. The number of nitrogens with zero attached hydrogens (tertiary/aromatic N) is 1. The van der Waals surface area contributed by atoms with Crippen LogP contribution in [0.4, 0.5) is 0 Å². The number of pyridine rings is 1. The van der Waals surface area contributed by atoms with E-state index < -0.39 is 0 Å². The summed E-state index contributed by atoms with van der Waals surface area (Å²) < 4.78 is 0. The molecule has 1 unspecified atom stereocenters. The van der Waals surface area contributed by atoms with Gasteiger partial charge < -0.3 is 0 Å². The zero-order chi connectivity index (χ0) is 15.6. The lowest BCUT2D eigenvalue weighted by atomic mass is 9.79. The van der Waals surface area contributed by atoms with Gasteiger partial charge in [0, 0.05) is 11.1 Å². The Balaban J connectivity index is 2.27. The molecule has 2 rings (SSSR count). The third-order valence-corrected chi connectivity index (χ3v) is 5.46. The molecule has 0 aromatic carbocycles. The van der Waals surface area contributed by atoms with Crippen LogP contribution >= 0.6 is 11.3 Å². The number of thiophene rings is 1. The van der Waals surface area contributed by atoms with Gasteiger partial charge in [0.05, 0.1) is 4.88 Å². The molecule has 3 heteroatoms. The minimum Gasteiger partial charge on any atom is -0.297 e. The van der Waals surface area contributed by atoms with Gasteiger partial charge in [0.2, 0.25) is 0 Å². The van der Waals surface area contributed by atoms with Crippen molar-refractivity contribution in [3.05, 3.63) is 28.3 Å². The van der Waals surface area contributed by atoms with Crippen molar-refractivity contribution in [3.8, 4) is 0 Å². The molecule has 114 valence electrons. The molecule has 2 aromatic rings. The first kappa shape index (κ1) is 16.2. The van der Waals surface area contributed by atoms with Gasteiger partial charge in [0.25, 0.3) is 0 Å². The Morgan fingerprint density at radius 1 is 1.33 bits per heavy atom. The van der Waals surface area contributed by atoms with Crippen molar-refractivity contribution >= 4 is 27.8 Å². The summed E-state index contributed by atoms with van der Waals surface area (Å²) in [5.74, 6) is 0.661. The van der Waals surface area contributed by atoms with Crippen LogP contribution in [0.3, 0.4) is 0 Å². The predicted molar refractivity (Wildman–Crippen MR) is 91.3 cm³/mol. The second-order valence-electron chi connectivity index (χ2n) is 6.91. The van der Waals surface area contributed by atoms with Crippen molar-refractivity contribution in [1.82, 2.24) is 4.98 Å². The molecule has 21 heavy (non-hydrogen) atoms. The van der Waals surface area contributed by atoms with Crippen molar-refractivity contribution in [2.75, 3.05) is 0 Å². The summed E-state index contributed by atoms with van der Waals surface area (Å²) in [6, 6.07) is 4.16. The zero-order valence-electron chi connectivity index (χ0n) is 13.7. The number of aryl methyl sites for hydroxylation is 2. The lowest BCUT2D eigenvalue weighted by Crippen LogP contribution is -2.18. The largest absolute Gasteiger partial charge is 0.297 e. The topological polar surface area (TPSA) is 30.0 Å². The van der Waals surface area contributed by atoms with E-state index in [-0.39, 0.29) is 0 Å². The average molecular weight is 303 g/mol. The molecule has 0 saturated carbocycles. The van der Waals surface area contributed by atoms with E-state index in [4.69, 9.17) is 4.98 Å². The maximum atomic E-state index is 10.9. The lowest BCUT2D eigenvalue weighted by molar-refractivity contribution is 0.112. The van der Waals surface area contributed by atoms with E-state index >= 15 is 0 Å². The van der Waals surface area contributed by atoms with Gasteiger partial charge in [0.1, 0.15) is 4.83 Å². The summed E-state index contributed by atoms with van der Waals surface area (Å²) in [4.78, 5) is 17.5. The van der Waals surface area contributed by atoms with E-state index in [1.165, 1.54) is 22.6 Å². The van der Waals surface area contributed by atoms with Crippen LogP contribution in [-0.2, 0) is 12.8 Å². The van der Waals surface area contributed by atoms with Crippen molar-refractivity contribution in [3.63, 3.8) is 0 Å². The number of rotatable bonds is 5. The number of carbonyl (C=O) groups is 1. The molecule has 2 nitrogen and oxygen atoms in total. The van der Waals surface area contributed by atoms with Gasteiger partial charge >= 0.3 is 0 Å². The summed E-state index contributed by atoms with van der Waals surface area (Å²) in [6.45, 7) is 11.4. The molecule has 1 atom stereocenters. The first-order chi connectivity index (χ1) is 9.85. The highest BCUT2D eigenvalue weighted by molar-refractivity contribution is 7.20. The summed E-state index contributed by atoms with van der Waals surface area (Å²) in [7, 11) is 0. The molecule has 0 spiro atoms. The average Bonchev–Trinajstić information content (AvgIpc) is 2.84. The van der Waals surface area contributed by atoms with Gasteiger partial charge in [-0.15, -0.1) is 11.3 Å². The van der Waals surface area contributed by atoms with Crippen LogP contribution < -0.4 is 0 Å². The molecular formula is C18H25NOS. The zero-order valence-corrected chi connectivity index (χ0v) is 14.5. The van der Waals surface area contributed by atoms with E-state index in [0.717, 1.165) is 40.6 Å². The van der Waals surface area contributed by atoms with Crippen LogP contribution in [0.1, 0.15) is 62.0 Å². The highest BCUT2D eigenvalue weighted by Crippen LogP contribution is 2.31. The van der Waals surface area contributed by atoms with E-state index in [0.29, 0.717) is 11.3 Å². The summed E-state index contributed by atoms with van der Waals surface area (Å²) in [5, 5.41) is 1.10. The van der Waals surface area contributed by atoms with Crippen LogP contribution in [0.2, 0.25) is 0 Å². The fraction of sp³-hybridized carbons (Fsp3) is 0.556. The van der Waals surface area contributed by atoms with Crippen LogP contribution in [0.25, 0.3) is 10.2 Å². The molecule has 0 radical (unpaired) electrons. The van der Waals surface area contributed by atoms with Crippen molar-refractivity contribution in [1.29, 1.82) is 0 Å². The van der Waals surface area contributed by atoms with E-state index in [1.54, 1.807) is 0 Å². The smallest absolute Gasteiger partial charge is 0.160 e. The van der Waals surface area contributed by atoms with Gasteiger partial charge in [-0.05, 0) is 48.3 Å². The van der Waals surface area contributed by atoms with Crippen LogP contribution in [0.5, 0.6) is 0 Å². The molecule has 0 saturated heterocycles. The fourth-order valence-electron chi connectivity index (χ4n) is 2.44. The Hall–Kier alpha value is -1.22. The number of hydrogen-bond acceptors (Lipinski definition) is 3. The van der Waals surface area contributed by atoms with Crippen molar-refractivity contribution in [2.45, 2.75) is 53.9 Å². The van der Waals surface area contributed by atoms with Crippen molar-refractivity contribution < 1.29 is 4.79 Å². The molecule has 0 N–H and O–H groups in total. The predicted octanol–water partition coefficient (Wildman–Crippen LogP) is 5.29. The lowest BCUT2D eigenvalue weighted by Gasteiger charge is -2.27. The van der Waals surface area contributed by atoms with Crippen LogP contribution in [-0.4, -0.2) is 11.3 Å². The molecule has 0 aliphatic carbocycles. The number of fused-ring (bicyclic) bond motifs is 1. The molecule has 0 amide bonds. The minimum absolute atomic E-state index is 0.337. The van der Waals surface area contributed by atoms with Gasteiger partial charge in [-0.25, -0.2) is 4.98 Å². The third-order valence-electron chi connectivity index (χ3n) is 4.49. The molecular weight excluding hydrogens is 278 g/mol. The summed E-state index contributed by atoms with van der Waals surface area (Å²) >= 11 is 1.49. The Morgan fingerprint density at radius 3 is 2.62 bits per heavy atom. The van der Waals surface area contributed by atoms with Gasteiger partial charge in [-0.3, -0.25) is 4.79 Å². The Labute approximate surface area is 131 Å². The maximum absolute atomic E-state index is 10.9. The molecule has 0 aliphatic rings. The highest BCUT2D eigenvalue weighted by Gasteiger charge is 2.20. The molecule has 0 fully saturated rings. The first-order valence-corrected chi connectivity index (χ1v) is 8.54. The number of hydrogen-bond donors (Lipinski definition) is 0. The normalized spacial score (nSPS) is 13.6. The fourth-order valence-corrected chi connectivity index (χ4v) is 3.29. The first-order valence-electron chi connectivity index (χ1n) is 7.72. The summed E-state index contributed by atoms with van der Waals surface area (Å²) in [6.07, 6.45) is 4.08. The van der Waals surface area contributed by atoms with Gasteiger partial charge in [0.15, 0.2) is 6.29 Å². The van der Waals surface area contributed by atoms with Gasteiger partial charge in [-0.2, -0.15) is 0 Å². The minimum atomic E-state index is 0.337. The van der Waals surface area contributed by atoms with E-state index in [1.807, 2.05) is 6.07 Å². The van der Waals surface area contributed by atoms with Gasteiger partial charge in [-0.1, -0.05) is 34.6 Å². The van der Waals surface area contributed by atoms with E-state index in [9.17, 15) is 4.79 Å². The van der Waals surface area contributed by atoms with E-state index in [2.05, 4.69) is 40.7 Å². The summed E-state index contributed by atoms with van der Waals surface area (Å²) in [5.41, 5.74) is 2.86. The standard InChI is InChI=1S/C18H25NOS/c1-6-13-9-14-10-15(11-20)21-17(14)19-16(13)8-7-12(2)18(3,4)5/h9-12H,6-8H2,1-5H3. The van der Waals surface area contributed by atoms with Crippen LogP contribution in [0, 0.1) is 11.3 Å². The Kier molecular flexibility index (Phi) is 4.82. The Morgan fingerprint density at radius 2 is 2.05 bits per heavy atom. The number of carbonyl (C=O) groups excluding carboxylic acids is 1. The number of aromatic nitrogens is 1. The molecule has 0 aliphatic heterocycles. The quantitative estimate of drug-likeness (QED) is 0.703. The molecule has 2 heterocycles. The highest BCUT2D eigenvalue weighted by atomic mass is 32.1. The maximum Gasteiger partial charge on any atom is 0.160 e. The second kappa shape index (κ2) is 6.27. The Bertz CT molecular complexity index is 636. The second-order valence-corrected chi connectivity index (χ2v) is 7.98. The van der Waals surface area contributed by atoms with Crippen LogP contribution in [0.15, 0.2) is 12.1 Å². The SMILES string of the molecule is CCc1cc2cc(C=O)sc2nc1CCC(C)C(C)(C)C. The molecule has 2 aromatic heterocycles. The number of aldehydes is 1.